The van der Waals surface area contributed by atoms with Gasteiger partial charge in [-0.1, -0.05) is 0 Å². The molecule has 14 heavy (non-hydrogen) atoms. The maximum atomic E-state index is 8.95. The molecule has 0 aliphatic carbocycles. The lowest BCUT2D eigenvalue weighted by atomic mass is 10.1. The molecule has 3 nitrogen and oxygen atoms in total. The average molecular weight is 210 g/mol. The Balaban J connectivity index is 2.79. The summed E-state index contributed by atoms with van der Waals surface area (Å²) >= 11 is 1.69. The maximum Gasteiger partial charge on any atom is 0.122 e. The molecule has 76 valence electrons. The van der Waals surface area contributed by atoms with Gasteiger partial charge in [0.2, 0.25) is 0 Å². The Morgan fingerprint density at radius 2 is 2.36 bits per heavy atom. The molecule has 0 amide bonds. The van der Waals surface area contributed by atoms with Gasteiger partial charge in [-0.15, -0.1) is 11.3 Å². The van der Waals surface area contributed by atoms with Crippen molar-refractivity contribution in [2.45, 2.75) is 19.9 Å². The fourth-order valence-corrected chi connectivity index (χ4v) is 2.33. The number of nitrogens with one attached hydrogen (secondary N) is 1. The topological polar surface area (TPSA) is 56.0 Å². The average Bonchev–Trinajstić information content (AvgIpc) is 2.47. The van der Waals surface area contributed by atoms with Crippen LogP contribution in [0.3, 0.4) is 0 Å². The lowest BCUT2D eigenvalue weighted by molar-refractivity contribution is 0.289. The van der Waals surface area contributed by atoms with Crippen molar-refractivity contribution in [3.05, 3.63) is 21.4 Å². The van der Waals surface area contributed by atoms with Gasteiger partial charge in [0.25, 0.3) is 0 Å². The normalized spacial score (nSPS) is 12.4. The summed E-state index contributed by atoms with van der Waals surface area (Å²) in [5.41, 5.74) is 1.03. The predicted molar refractivity (Wildman–Crippen MR) is 57.2 cm³/mol. The Morgan fingerprint density at radius 3 is 2.79 bits per heavy atom. The van der Waals surface area contributed by atoms with Gasteiger partial charge >= 0.3 is 0 Å². The zero-order chi connectivity index (χ0) is 10.6. The lowest BCUT2D eigenvalue weighted by Gasteiger charge is -2.09. The van der Waals surface area contributed by atoms with Crippen molar-refractivity contribution in [2.75, 3.05) is 13.2 Å². The first-order chi connectivity index (χ1) is 6.69. The van der Waals surface area contributed by atoms with Gasteiger partial charge in [0.15, 0.2) is 0 Å². The standard InChI is InChI=1S/C10H14N2OS/c1-7-5-9(8(2)14-7)10(6-11)12-3-4-13/h5,10,12-13H,3-4H2,1-2H3. The molecule has 1 unspecified atom stereocenters. The Hall–Kier alpha value is -0.890. The molecule has 0 aromatic carbocycles. The SMILES string of the molecule is Cc1cc(C(C#N)NCCO)c(C)s1. The molecule has 4 heteroatoms. The van der Waals surface area contributed by atoms with Crippen LogP contribution in [0, 0.1) is 25.2 Å². The monoisotopic (exact) mass is 210 g/mol. The molecule has 2 N–H and O–H groups in total. The van der Waals surface area contributed by atoms with E-state index in [0.29, 0.717) is 6.54 Å². The molecule has 0 saturated carbocycles. The zero-order valence-corrected chi connectivity index (χ0v) is 9.19. The molecule has 0 fully saturated rings. The summed E-state index contributed by atoms with van der Waals surface area (Å²) in [7, 11) is 0. The molecule has 0 saturated heterocycles. The van der Waals surface area contributed by atoms with E-state index >= 15 is 0 Å². The van der Waals surface area contributed by atoms with Crippen LogP contribution >= 0.6 is 11.3 Å². The Bertz CT molecular complexity index is 340. The van der Waals surface area contributed by atoms with Crippen LogP contribution in [-0.2, 0) is 0 Å². The van der Waals surface area contributed by atoms with Gasteiger partial charge in [-0.05, 0) is 25.5 Å². The highest BCUT2D eigenvalue weighted by Crippen LogP contribution is 2.25. The first kappa shape index (κ1) is 11.2. The molecule has 0 spiro atoms. The molecule has 1 aromatic heterocycles. The number of rotatable bonds is 4. The highest BCUT2D eigenvalue weighted by molar-refractivity contribution is 7.12. The van der Waals surface area contributed by atoms with E-state index in [1.807, 2.05) is 19.9 Å². The Kier molecular flexibility index (Phi) is 4.08. The summed E-state index contributed by atoms with van der Waals surface area (Å²) in [6.07, 6.45) is 0. The lowest BCUT2D eigenvalue weighted by Crippen LogP contribution is -2.23. The molecule has 0 bridgehead atoms. The highest BCUT2D eigenvalue weighted by Gasteiger charge is 2.13. The number of aliphatic hydroxyl groups is 1. The summed E-state index contributed by atoms with van der Waals surface area (Å²) in [5, 5.41) is 20.6. The van der Waals surface area contributed by atoms with Crippen molar-refractivity contribution < 1.29 is 5.11 Å². The van der Waals surface area contributed by atoms with Crippen LogP contribution in [0.4, 0.5) is 0 Å². The third-order valence-electron chi connectivity index (χ3n) is 1.98. The van der Waals surface area contributed by atoms with Gasteiger partial charge in [-0.2, -0.15) is 5.26 Å². The molecule has 1 heterocycles. The molecular formula is C10H14N2OS. The molecular weight excluding hydrogens is 196 g/mol. The first-order valence-electron chi connectivity index (χ1n) is 4.50. The number of thiophene rings is 1. The molecule has 1 rings (SSSR count). The van der Waals surface area contributed by atoms with Crippen LogP contribution in [0.25, 0.3) is 0 Å². The van der Waals surface area contributed by atoms with E-state index in [1.54, 1.807) is 11.3 Å². The number of aryl methyl sites for hydroxylation is 2. The molecule has 1 aromatic rings. The third kappa shape index (κ3) is 2.55. The van der Waals surface area contributed by atoms with Crippen LogP contribution < -0.4 is 5.32 Å². The van der Waals surface area contributed by atoms with E-state index in [4.69, 9.17) is 10.4 Å². The van der Waals surface area contributed by atoms with Crippen LogP contribution in [0.2, 0.25) is 0 Å². The summed E-state index contributed by atoms with van der Waals surface area (Å²) in [4.78, 5) is 2.38. The zero-order valence-electron chi connectivity index (χ0n) is 8.37. The van der Waals surface area contributed by atoms with Gasteiger partial charge in [0.1, 0.15) is 6.04 Å². The van der Waals surface area contributed by atoms with Crippen molar-refractivity contribution in [2.24, 2.45) is 0 Å². The van der Waals surface area contributed by atoms with Crippen molar-refractivity contribution in [1.82, 2.24) is 5.32 Å². The van der Waals surface area contributed by atoms with Crippen molar-refractivity contribution in [3.8, 4) is 6.07 Å². The Morgan fingerprint density at radius 1 is 1.64 bits per heavy atom. The fraction of sp³-hybridized carbons (Fsp3) is 0.500. The second-order valence-corrected chi connectivity index (χ2v) is 4.57. The largest absolute Gasteiger partial charge is 0.395 e. The molecule has 0 aliphatic rings. The molecule has 1 atom stereocenters. The van der Waals surface area contributed by atoms with Gasteiger partial charge in [0.05, 0.1) is 12.7 Å². The van der Waals surface area contributed by atoms with E-state index in [0.717, 1.165) is 5.56 Å². The van der Waals surface area contributed by atoms with Crippen LogP contribution in [-0.4, -0.2) is 18.3 Å². The Labute approximate surface area is 88.0 Å². The van der Waals surface area contributed by atoms with E-state index in [2.05, 4.69) is 11.4 Å². The minimum absolute atomic E-state index is 0.0559. The van der Waals surface area contributed by atoms with Crippen LogP contribution in [0.5, 0.6) is 0 Å². The minimum atomic E-state index is -0.299. The summed E-state index contributed by atoms with van der Waals surface area (Å²) in [6, 6.07) is 3.92. The van der Waals surface area contributed by atoms with E-state index < -0.39 is 0 Å². The van der Waals surface area contributed by atoms with Crippen LogP contribution in [0.1, 0.15) is 21.4 Å². The van der Waals surface area contributed by atoms with Crippen molar-refractivity contribution in [1.29, 1.82) is 5.26 Å². The van der Waals surface area contributed by atoms with E-state index in [1.165, 1.54) is 9.75 Å². The van der Waals surface area contributed by atoms with Gasteiger partial charge in [-0.25, -0.2) is 0 Å². The van der Waals surface area contributed by atoms with Crippen molar-refractivity contribution in [3.63, 3.8) is 0 Å². The summed E-state index contributed by atoms with van der Waals surface area (Å²) in [5.74, 6) is 0. The van der Waals surface area contributed by atoms with E-state index in [9.17, 15) is 0 Å². The first-order valence-corrected chi connectivity index (χ1v) is 5.31. The fourth-order valence-electron chi connectivity index (χ4n) is 1.37. The summed E-state index contributed by atoms with van der Waals surface area (Å²) < 4.78 is 0. The number of nitrogens with zero attached hydrogens (tertiary/aromatic N) is 1. The number of nitriles is 1. The van der Waals surface area contributed by atoms with Crippen LogP contribution in [0.15, 0.2) is 6.07 Å². The summed E-state index contributed by atoms with van der Waals surface area (Å²) in [6.45, 7) is 4.55. The third-order valence-corrected chi connectivity index (χ3v) is 2.96. The minimum Gasteiger partial charge on any atom is -0.395 e. The molecule has 0 radical (unpaired) electrons. The highest BCUT2D eigenvalue weighted by atomic mass is 32.1. The second-order valence-electron chi connectivity index (χ2n) is 3.11. The maximum absolute atomic E-state index is 8.95. The number of aliphatic hydroxyl groups excluding tert-OH is 1. The predicted octanol–water partition coefficient (Wildman–Crippen LogP) is 1.51. The number of hydrogen-bond donors (Lipinski definition) is 2. The second kappa shape index (κ2) is 5.11. The van der Waals surface area contributed by atoms with Gasteiger partial charge < -0.3 is 5.11 Å². The van der Waals surface area contributed by atoms with Crippen molar-refractivity contribution >= 4 is 11.3 Å². The number of hydrogen-bond acceptors (Lipinski definition) is 4. The smallest absolute Gasteiger partial charge is 0.122 e. The van der Waals surface area contributed by atoms with Gasteiger partial charge in [-0.3, -0.25) is 5.32 Å². The van der Waals surface area contributed by atoms with Gasteiger partial charge in [0, 0.05) is 16.3 Å². The quantitative estimate of drug-likeness (QED) is 0.792. The van der Waals surface area contributed by atoms with E-state index in [-0.39, 0.29) is 12.6 Å². The molecule has 0 aliphatic heterocycles.